The monoisotopic (exact) mass is 295 g/mol. The largest absolute Gasteiger partial charge is 0.385 e. The van der Waals surface area contributed by atoms with Crippen LogP contribution in [0.15, 0.2) is 9.59 Å². The fraction of sp³-hybridized carbons (Fsp3) is 0.615. The van der Waals surface area contributed by atoms with Crippen molar-refractivity contribution in [2.24, 2.45) is 12.8 Å². The topological polar surface area (TPSA) is 97.1 Å². The van der Waals surface area contributed by atoms with E-state index in [0.29, 0.717) is 43.1 Å². The van der Waals surface area contributed by atoms with Gasteiger partial charge >= 0.3 is 5.69 Å². The molecule has 8 nitrogen and oxygen atoms in total. The molecule has 2 aromatic rings. The Morgan fingerprint density at radius 3 is 2.57 bits per heavy atom. The van der Waals surface area contributed by atoms with Gasteiger partial charge in [-0.15, -0.1) is 0 Å². The highest BCUT2D eigenvalue weighted by Gasteiger charge is 2.18. The lowest BCUT2D eigenvalue weighted by atomic mass is 10.4. The van der Waals surface area contributed by atoms with Crippen molar-refractivity contribution in [2.45, 2.75) is 33.0 Å². The number of methoxy groups -OCH3 is 1. The second-order valence-electron chi connectivity index (χ2n) is 4.79. The zero-order chi connectivity index (χ0) is 15.6. The minimum Gasteiger partial charge on any atom is -0.385 e. The molecule has 8 heteroatoms. The Balaban J connectivity index is 2.75. The number of ether oxygens (including phenoxy) is 1. The van der Waals surface area contributed by atoms with Crippen molar-refractivity contribution in [3.63, 3.8) is 0 Å². The average molecular weight is 295 g/mol. The van der Waals surface area contributed by atoms with Gasteiger partial charge in [-0.1, -0.05) is 0 Å². The Bertz CT molecular complexity index is 756. The molecule has 0 fully saturated rings. The van der Waals surface area contributed by atoms with E-state index in [1.54, 1.807) is 25.6 Å². The number of aromatic nitrogens is 4. The third-order valence-electron chi connectivity index (χ3n) is 3.56. The summed E-state index contributed by atoms with van der Waals surface area (Å²) in [4.78, 5) is 29.2. The number of nitrogens with two attached hydrogens (primary N) is 1. The highest BCUT2D eigenvalue weighted by Crippen LogP contribution is 2.10. The molecular formula is C13H21N5O3. The third-order valence-corrected chi connectivity index (χ3v) is 3.56. The van der Waals surface area contributed by atoms with Gasteiger partial charge in [0, 0.05) is 33.9 Å². The maximum absolute atomic E-state index is 12.4. The maximum atomic E-state index is 12.4. The fourth-order valence-corrected chi connectivity index (χ4v) is 2.44. The molecule has 0 saturated heterocycles. The van der Waals surface area contributed by atoms with Crippen LogP contribution < -0.4 is 17.0 Å². The van der Waals surface area contributed by atoms with Crippen LogP contribution in [-0.4, -0.2) is 32.4 Å². The van der Waals surface area contributed by atoms with Crippen molar-refractivity contribution in [1.29, 1.82) is 0 Å². The summed E-state index contributed by atoms with van der Waals surface area (Å²) in [5, 5.41) is 0. The standard InChI is InChI=1S/C13H21N5O3/c1-4-17-12(19)10-11(15-9(8-14)16(10)2)18(13(17)20)6-5-7-21-3/h4-8,14H2,1-3H3. The third kappa shape index (κ3) is 2.52. The van der Waals surface area contributed by atoms with Crippen LogP contribution in [0, 0.1) is 0 Å². The molecule has 0 spiro atoms. The van der Waals surface area contributed by atoms with Crippen LogP contribution >= 0.6 is 0 Å². The number of hydrogen-bond donors (Lipinski definition) is 1. The van der Waals surface area contributed by atoms with Gasteiger partial charge < -0.3 is 15.0 Å². The van der Waals surface area contributed by atoms with E-state index in [1.165, 1.54) is 9.13 Å². The van der Waals surface area contributed by atoms with Gasteiger partial charge in [-0.3, -0.25) is 13.9 Å². The van der Waals surface area contributed by atoms with Gasteiger partial charge in [-0.05, 0) is 13.3 Å². The molecule has 2 aromatic heterocycles. The van der Waals surface area contributed by atoms with E-state index >= 15 is 0 Å². The van der Waals surface area contributed by atoms with Crippen molar-refractivity contribution >= 4 is 11.2 Å². The lowest BCUT2D eigenvalue weighted by molar-refractivity contribution is 0.190. The molecule has 0 amide bonds. The molecule has 0 aliphatic rings. The first-order valence-electron chi connectivity index (χ1n) is 6.94. The van der Waals surface area contributed by atoms with E-state index in [1.807, 2.05) is 0 Å². The summed E-state index contributed by atoms with van der Waals surface area (Å²) in [6, 6.07) is 0. The second-order valence-corrected chi connectivity index (χ2v) is 4.79. The molecule has 0 radical (unpaired) electrons. The lowest BCUT2D eigenvalue weighted by Crippen LogP contribution is -2.40. The first kappa shape index (κ1) is 15.5. The minimum atomic E-state index is -0.340. The molecule has 2 rings (SSSR count). The molecule has 2 N–H and O–H groups in total. The van der Waals surface area contributed by atoms with E-state index in [0.717, 1.165) is 0 Å². The maximum Gasteiger partial charge on any atom is 0.332 e. The van der Waals surface area contributed by atoms with E-state index in [-0.39, 0.29) is 17.8 Å². The molecule has 0 aliphatic carbocycles. The van der Waals surface area contributed by atoms with Gasteiger partial charge in [0.05, 0.1) is 6.54 Å². The summed E-state index contributed by atoms with van der Waals surface area (Å²) >= 11 is 0. The SMILES string of the molecule is CCn1c(=O)c2c(nc(CN)n2C)n(CCCOC)c1=O. The quantitative estimate of drug-likeness (QED) is 0.719. The van der Waals surface area contributed by atoms with Crippen molar-refractivity contribution in [2.75, 3.05) is 13.7 Å². The van der Waals surface area contributed by atoms with Crippen LogP contribution in [0.3, 0.4) is 0 Å². The number of hydrogen-bond acceptors (Lipinski definition) is 5. The first-order valence-corrected chi connectivity index (χ1v) is 6.94. The van der Waals surface area contributed by atoms with Gasteiger partial charge in [-0.2, -0.15) is 0 Å². The molecule has 0 aromatic carbocycles. The van der Waals surface area contributed by atoms with Crippen molar-refractivity contribution in [1.82, 2.24) is 18.7 Å². The van der Waals surface area contributed by atoms with Gasteiger partial charge in [0.1, 0.15) is 5.82 Å². The van der Waals surface area contributed by atoms with Crippen LogP contribution in [0.5, 0.6) is 0 Å². The Labute approximate surface area is 121 Å². The normalized spacial score (nSPS) is 11.4. The van der Waals surface area contributed by atoms with E-state index in [2.05, 4.69) is 4.98 Å². The fourth-order valence-electron chi connectivity index (χ4n) is 2.44. The van der Waals surface area contributed by atoms with E-state index < -0.39 is 0 Å². The summed E-state index contributed by atoms with van der Waals surface area (Å²) in [5.74, 6) is 0.579. The van der Waals surface area contributed by atoms with Crippen LogP contribution in [0.1, 0.15) is 19.2 Å². The molecule has 0 saturated carbocycles. The molecule has 2 heterocycles. The van der Waals surface area contributed by atoms with Gasteiger partial charge in [0.15, 0.2) is 11.2 Å². The van der Waals surface area contributed by atoms with Crippen LogP contribution in [0.25, 0.3) is 11.2 Å². The van der Waals surface area contributed by atoms with E-state index in [4.69, 9.17) is 10.5 Å². The molecule has 116 valence electrons. The molecule has 21 heavy (non-hydrogen) atoms. The number of nitrogens with zero attached hydrogens (tertiary/aromatic N) is 4. The predicted octanol–water partition coefficient (Wildman–Crippen LogP) is -0.588. The highest BCUT2D eigenvalue weighted by molar-refractivity contribution is 5.71. The first-order chi connectivity index (χ1) is 10.1. The highest BCUT2D eigenvalue weighted by atomic mass is 16.5. The Morgan fingerprint density at radius 2 is 2.00 bits per heavy atom. The summed E-state index contributed by atoms with van der Waals surface area (Å²) in [7, 11) is 3.35. The lowest BCUT2D eigenvalue weighted by Gasteiger charge is -2.10. The molecule has 0 aliphatic heterocycles. The van der Waals surface area contributed by atoms with Crippen LogP contribution in [0.2, 0.25) is 0 Å². The summed E-state index contributed by atoms with van der Waals surface area (Å²) in [6.07, 6.45) is 0.669. The van der Waals surface area contributed by atoms with E-state index in [9.17, 15) is 9.59 Å². The Hall–Kier alpha value is -1.93. The molecule has 0 atom stereocenters. The Morgan fingerprint density at radius 1 is 1.29 bits per heavy atom. The van der Waals surface area contributed by atoms with Crippen LogP contribution in [0.4, 0.5) is 0 Å². The predicted molar refractivity (Wildman–Crippen MR) is 79.3 cm³/mol. The molecular weight excluding hydrogens is 274 g/mol. The number of imidazole rings is 1. The smallest absolute Gasteiger partial charge is 0.332 e. The average Bonchev–Trinajstić information content (AvgIpc) is 2.80. The summed E-state index contributed by atoms with van der Waals surface area (Å²) < 4.78 is 9.42. The molecule has 0 bridgehead atoms. The van der Waals surface area contributed by atoms with Crippen molar-refractivity contribution in [3.8, 4) is 0 Å². The van der Waals surface area contributed by atoms with Gasteiger partial charge in [0.2, 0.25) is 0 Å². The minimum absolute atomic E-state index is 0.211. The summed E-state index contributed by atoms with van der Waals surface area (Å²) in [5.41, 5.74) is 5.79. The van der Waals surface area contributed by atoms with Crippen molar-refractivity contribution < 1.29 is 4.74 Å². The molecule has 0 unspecified atom stereocenters. The van der Waals surface area contributed by atoms with Crippen LogP contribution in [-0.2, 0) is 31.4 Å². The second kappa shape index (κ2) is 6.23. The van der Waals surface area contributed by atoms with Gasteiger partial charge in [-0.25, -0.2) is 9.78 Å². The number of rotatable bonds is 6. The summed E-state index contributed by atoms with van der Waals surface area (Å²) in [6.45, 7) is 3.29. The number of fused-ring (bicyclic) bond motifs is 1. The van der Waals surface area contributed by atoms with Gasteiger partial charge in [0.25, 0.3) is 5.56 Å². The number of aryl methyl sites for hydroxylation is 2. The zero-order valence-corrected chi connectivity index (χ0v) is 12.6. The zero-order valence-electron chi connectivity index (χ0n) is 12.6. The Kier molecular flexibility index (Phi) is 4.59. The van der Waals surface area contributed by atoms with Crippen molar-refractivity contribution in [3.05, 3.63) is 26.7 Å².